The Kier molecular flexibility index (Phi) is 4.42. The van der Waals surface area contributed by atoms with Crippen molar-refractivity contribution in [2.24, 2.45) is 0 Å². The van der Waals surface area contributed by atoms with Crippen molar-refractivity contribution in [3.05, 3.63) is 65.7 Å². The quantitative estimate of drug-likeness (QED) is 0.936. The van der Waals surface area contributed by atoms with Crippen LogP contribution in [0, 0.1) is 6.92 Å². The highest BCUT2D eigenvalue weighted by molar-refractivity contribution is 5.94. The molecule has 1 amide bonds. The van der Waals surface area contributed by atoms with Crippen LogP contribution in [-0.2, 0) is 0 Å². The Labute approximate surface area is 132 Å². The van der Waals surface area contributed by atoms with E-state index in [9.17, 15) is 4.79 Å². The van der Waals surface area contributed by atoms with Gasteiger partial charge in [-0.15, -0.1) is 0 Å². The number of hydrogen-bond donors (Lipinski definition) is 1. The van der Waals surface area contributed by atoms with Crippen molar-refractivity contribution in [3.8, 4) is 0 Å². The molecule has 0 spiro atoms. The van der Waals surface area contributed by atoms with E-state index in [4.69, 9.17) is 0 Å². The minimum atomic E-state index is 0.148. The van der Waals surface area contributed by atoms with E-state index in [1.807, 2.05) is 35.2 Å². The largest absolute Gasteiger partial charge is 0.382 e. The van der Waals surface area contributed by atoms with Gasteiger partial charge in [-0.25, -0.2) is 0 Å². The highest BCUT2D eigenvalue weighted by Gasteiger charge is 2.23. The van der Waals surface area contributed by atoms with Crippen LogP contribution in [0.25, 0.3) is 0 Å². The van der Waals surface area contributed by atoms with Crippen LogP contribution in [-0.4, -0.2) is 29.9 Å². The topological polar surface area (TPSA) is 32.3 Å². The van der Waals surface area contributed by atoms with Crippen LogP contribution in [0.15, 0.2) is 54.6 Å². The van der Waals surface area contributed by atoms with Crippen LogP contribution in [0.5, 0.6) is 0 Å². The van der Waals surface area contributed by atoms with Gasteiger partial charge in [0.05, 0.1) is 0 Å². The van der Waals surface area contributed by atoms with Crippen LogP contribution < -0.4 is 5.32 Å². The van der Waals surface area contributed by atoms with Crippen LogP contribution in [0.2, 0.25) is 0 Å². The van der Waals surface area contributed by atoms with E-state index in [2.05, 4.69) is 36.5 Å². The molecular formula is C19H22N2O. The van der Waals surface area contributed by atoms with Crippen LogP contribution in [0.4, 0.5) is 5.69 Å². The molecule has 3 nitrogen and oxygen atoms in total. The summed E-state index contributed by atoms with van der Waals surface area (Å²) < 4.78 is 0. The molecule has 2 aromatic carbocycles. The summed E-state index contributed by atoms with van der Waals surface area (Å²) in [4.78, 5) is 14.4. The van der Waals surface area contributed by atoms with Crippen LogP contribution in [0.3, 0.4) is 0 Å². The zero-order valence-corrected chi connectivity index (χ0v) is 13.0. The number of nitrogens with one attached hydrogen (secondary N) is 1. The number of rotatable bonds is 3. The smallest absolute Gasteiger partial charge is 0.253 e. The van der Waals surface area contributed by atoms with Crippen molar-refractivity contribution in [2.45, 2.75) is 25.8 Å². The van der Waals surface area contributed by atoms with Gasteiger partial charge in [-0.2, -0.15) is 0 Å². The van der Waals surface area contributed by atoms with Crippen molar-refractivity contribution >= 4 is 11.6 Å². The molecule has 0 bridgehead atoms. The molecule has 114 valence electrons. The van der Waals surface area contributed by atoms with Crippen LogP contribution in [0.1, 0.15) is 28.8 Å². The zero-order chi connectivity index (χ0) is 15.4. The van der Waals surface area contributed by atoms with E-state index in [0.29, 0.717) is 6.04 Å². The Morgan fingerprint density at radius 3 is 2.27 bits per heavy atom. The number of anilines is 1. The normalized spacial score (nSPS) is 15.6. The Balaban J connectivity index is 1.54. The number of piperidine rings is 1. The van der Waals surface area contributed by atoms with E-state index < -0.39 is 0 Å². The number of aryl methyl sites for hydroxylation is 1. The van der Waals surface area contributed by atoms with E-state index in [-0.39, 0.29) is 5.91 Å². The number of nitrogens with zero attached hydrogens (tertiary/aromatic N) is 1. The molecule has 1 N–H and O–H groups in total. The second-order valence-corrected chi connectivity index (χ2v) is 5.94. The molecule has 0 atom stereocenters. The molecule has 0 aliphatic carbocycles. The number of carbonyl (C=O) groups excluding carboxylic acids is 1. The summed E-state index contributed by atoms with van der Waals surface area (Å²) in [6.45, 7) is 3.73. The van der Waals surface area contributed by atoms with Crippen molar-refractivity contribution in [1.29, 1.82) is 0 Å². The SMILES string of the molecule is Cc1ccc(NC2CCN(C(=O)c3ccccc3)CC2)cc1. The summed E-state index contributed by atoms with van der Waals surface area (Å²) in [5.74, 6) is 0.148. The first-order valence-corrected chi connectivity index (χ1v) is 7.90. The van der Waals surface area contributed by atoms with Crippen molar-refractivity contribution in [3.63, 3.8) is 0 Å². The standard InChI is InChI=1S/C19H22N2O/c1-15-7-9-17(10-8-15)20-18-11-13-21(14-12-18)19(22)16-5-3-2-4-6-16/h2-10,18,20H,11-14H2,1H3. The lowest BCUT2D eigenvalue weighted by molar-refractivity contribution is 0.0718. The average Bonchev–Trinajstić information content (AvgIpc) is 2.58. The molecule has 1 saturated heterocycles. The lowest BCUT2D eigenvalue weighted by atomic mass is 10.0. The molecule has 2 aromatic rings. The van der Waals surface area contributed by atoms with Gasteiger partial charge < -0.3 is 10.2 Å². The van der Waals surface area contributed by atoms with Gasteiger partial charge in [0.25, 0.3) is 5.91 Å². The monoisotopic (exact) mass is 294 g/mol. The lowest BCUT2D eigenvalue weighted by Gasteiger charge is -2.33. The summed E-state index contributed by atoms with van der Waals surface area (Å²) in [5.41, 5.74) is 3.22. The maximum Gasteiger partial charge on any atom is 0.253 e. The van der Waals surface area contributed by atoms with Crippen molar-refractivity contribution in [1.82, 2.24) is 4.90 Å². The third kappa shape index (κ3) is 3.48. The summed E-state index contributed by atoms with van der Waals surface area (Å²) in [7, 11) is 0. The molecular weight excluding hydrogens is 272 g/mol. The zero-order valence-electron chi connectivity index (χ0n) is 13.0. The minimum Gasteiger partial charge on any atom is -0.382 e. The predicted molar refractivity (Wildman–Crippen MR) is 90.2 cm³/mol. The van der Waals surface area contributed by atoms with Gasteiger partial charge in [-0.3, -0.25) is 4.79 Å². The molecule has 0 aromatic heterocycles. The fourth-order valence-electron chi connectivity index (χ4n) is 2.88. The molecule has 0 unspecified atom stereocenters. The highest BCUT2D eigenvalue weighted by Crippen LogP contribution is 2.18. The average molecular weight is 294 g/mol. The fourth-order valence-corrected chi connectivity index (χ4v) is 2.88. The number of hydrogen-bond acceptors (Lipinski definition) is 2. The second kappa shape index (κ2) is 6.65. The third-order valence-corrected chi connectivity index (χ3v) is 4.23. The molecule has 22 heavy (non-hydrogen) atoms. The van der Waals surface area contributed by atoms with Gasteiger partial charge in [-0.05, 0) is 44.0 Å². The molecule has 1 heterocycles. The fraction of sp³-hybridized carbons (Fsp3) is 0.316. The predicted octanol–water partition coefficient (Wildman–Crippen LogP) is 3.71. The van der Waals surface area contributed by atoms with E-state index in [1.54, 1.807) is 0 Å². The number of likely N-dealkylation sites (tertiary alicyclic amines) is 1. The Morgan fingerprint density at radius 1 is 1.00 bits per heavy atom. The Hall–Kier alpha value is -2.29. The Bertz CT molecular complexity index is 614. The summed E-state index contributed by atoms with van der Waals surface area (Å²) in [6.07, 6.45) is 1.99. The van der Waals surface area contributed by atoms with Crippen molar-refractivity contribution < 1.29 is 4.79 Å². The first-order valence-electron chi connectivity index (χ1n) is 7.90. The summed E-state index contributed by atoms with van der Waals surface area (Å²) in [6, 6.07) is 18.5. The van der Waals surface area contributed by atoms with Gasteiger partial charge >= 0.3 is 0 Å². The first-order chi connectivity index (χ1) is 10.7. The van der Waals surface area contributed by atoms with E-state index >= 15 is 0 Å². The molecule has 0 radical (unpaired) electrons. The highest BCUT2D eigenvalue weighted by atomic mass is 16.2. The second-order valence-electron chi connectivity index (χ2n) is 5.94. The van der Waals surface area contributed by atoms with E-state index in [1.165, 1.54) is 11.3 Å². The van der Waals surface area contributed by atoms with Gasteiger partial charge in [0.2, 0.25) is 0 Å². The molecule has 1 fully saturated rings. The third-order valence-electron chi connectivity index (χ3n) is 4.23. The van der Waals surface area contributed by atoms with Gasteiger partial charge in [-0.1, -0.05) is 35.9 Å². The maximum atomic E-state index is 12.4. The molecule has 1 aliphatic rings. The molecule has 3 rings (SSSR count). The Morgan fingerprint density at radius 2 is 1.64 bits per heavy atom. The minimum absolute atomic E-state index is 0.148. The van der Waals surface area contributed by atoms with E-state index in [0.717, 1.165) is 31.5 Å². The number of carbonyl (C=O) groups is 1. The number of amides is 1. The van der Waals surface area contributed by atoms with Gasteiger partial charge in [0.15, 0.2) is 0 Å². The van der Waals surface area contributed by atoms with Crippen molar-refractivity contribution in [2.75, 3.05) is 18.4 Å². The summed E-state index contributed by atoms with van der Waals surface area (Å²) >= 11 is 0. The summed E-state index contributed by atoms with van der Waals surface area (Å²) in [5, 5.41) is 3.57. The van der Waals surface area contributed by atoms with Gasteiger partial charge in [0, 0.05) is 30.4 Å². The molecule has 0 saturated carbocycles. The maximum absolute atomic E-state index is 12.4. The lowest BCUT2D eigenvalue weighted by Crippen LogP contribution is -2.42. The molecule has 1 aliphatic heterocycles. The molecule has 3 heteroatoms. The van der Waals surface area contributed by atoms with Gasteiger partial charge in [0.1, 0.15) is 0 Å². The first kappa shape index (κ1) is 14.6. The number of benzene rings is 2. The van der Waals surface area contributed by atoms with Crippen LogP contribution >= 0.6 is 0 Å².